The highest BCUT2D eigenvalue weighted by Crippen LogP contribution is 2.25. The highest BCUT2D eigenvalue weighted by atomic mass is 127. The lowest BCUT2D eigenvalue weighted by atomic mass is 10.1. The Morgan fingerprint density at radius 1 is 1.11 bits per heavy atom. The van der Waals surface area contributed by atoms with E-state index in [-0.39, 0.29) is 6.04 Å². The van der Waals surface area contributed by atoms with E-state index < -0.39 is 10.0 Å². The molecule has 2 atom stereocenters. The van der Waals surface area contributed by atoms with Gasteiger partial charge in [-0.2, -0.15) is 0 Å². The molecule has 106 valence electrons. The van der Waals surface area contributed by atoms with Crippen LogP contribution in [0.15, 0.2) is 29.2 Å². The first-order valence-electron chi connectivity index (χ1n) is 6.72. The molecule has 2 rings (SSSR count). The van der Waals surface area contributed by atoms with E-state index in [0.717, 1.165) is 24.8 Å². The smallest absolute Gasteiger partial charge is 0.207 e. The molecule has 0 saturated heterocycles. The monoisotopic (exact) mass is 393 g/mol. The molecule has 0 spiro atoms. The fourth-order valence-electron chi connectivity index (χ4n) is 2.38. The van der Waals surface area contributed by atoms with E-state index in [4.69, 9.17) is 0 Å². The highest BCUT2D eigenvalue weighted by Gasteiger charge is 2.26. The summed E-state index contributed by atoms with van der Waals surface area (Å²) in [6, 6.07) is 7.09. The van der Waals surface area contributed by atoms with Crippen LogP contribution in [-0.4, -0.2) is 18.4 Å². The van der Waals surface area contributed by atoms with Gasteiger partial charge in [0.15, 0.2) is 0 Å². The number of benzene rings is 1. The minimum atomic E-state index is -3.38. The Morgan fingerprint density at radius 3 is 2.42 bits per heavy atom. The van der Waals surface area contributed by atoms with E-state index in [9.17, 15) is 8.42 Å². The lowest BCUT2D eigenvalue weighted by Crippen LogP contribution is -2.40. The van der Waals surface area contributed by atoms with Crippen molar-refractivity contribution in [2.24, 2.45) is 0 Å². The molecule has 1 fully saturated rings. The maximum Gasteiger partial charge on any atom is 0.240 e. The summed E-state index contributed by atoms with van der Waals surface area (Å²) in [5.74, 6) is 0. The van der Waals surface area contributed by atoms with E-state index in [2.05, 4.69) is 27.3 Å². The molecule has 0 aromatic heterocycles. The largest absolute Gasteiger partial charge is 0.240 e. The molecule has 3 nitrogen and oxygen atoms in total. The van der Waals surface area contributed by atoms with Gasteiger partial charge < -0.3 is 0 Å². The Morgan fingerprint density at radius 2 is 1.74 bits per heavy atom. The first-order valence-corrected chi connectivity index (χ1v) is 9.45. The molecule has 0 amide bonds. The van der Waals surface area contributed by atoms with Gasteiger partial charge in [-0.1, -0.05) is 59.5 Å². The third kappa shape index (κ3) is 4.16. The van der Waals surface area contributed by atoms with E-state index in [1.807, 2.05) is 19.1 Å². The maximum atomic E-state index is 12.4. The summed E-state index contributed by atoms with van der Waals surface area (Å²) in [6.45, 7) is 1.95. The summed E-state index contributed by atoms with van der Waals surface area (Å²) in [7, 11) is -3.38. The zero-order valence-electron chi connectivity index (χ0n) is 11.1. The summed E-state index contributed by atoms with van der Waals surface area (Å²) < 4.78 is 28.0. The summed E-state index contributed by atoms with van der Waals surface area (Å²) >= 11 is 2.38. The van der Waals surface area contributed by atoms with Gasteiger partial charge in [-0.05, 0) is 31.9 Å². The number of aryl methyl sites for hydroxylation is 1. The zero-order chi connectivity index (χ0) is 13.9. The Balaban J connectivity index is 2.13. The predicted octanol–water partition coefficient (Wildman–Crippen LogP) is 3.41. The summed E-state index contributed by atoms with van der Waals surface area (Å²) in [5, 5.41) is 0. The van der Waals surface area contributed by atoms with E-state index in [1.54, 1.807) is 12.1 Å². The van der Waals surface area contributed by atoms with Crippen molar-refractivity contribution in [3.63, 3.8) is 0 Å². The van der Waals surface area contributed by atoms with Crippen molar-refractivity contribution in [1.29, 1.82) is 0 Å². The number of hydrogen-bond acceptors (Lipinski definition) is 2. The highest BCUT2D eigenvalue weighted by molar-refractivity contribution is 14.1. The van der Waals surface area contributed by atoms with E-state index in [0.29, 0.717) is 8.82 Å². The quantitative estimate of drug-likeness (QED) is 0.486. The molecule has 1 aliphatic carbocycles. The molecule has 0 heterocycles. The van der Waals surface area contributed by atoms with Crippen LogP contribution in [0.25, 0.3) is 0 Å². The third-order valence-electron chi connectivity index (χ3n) is 3.57. The minimum Gasteiger partial charge on any atom is -0.207 e. The molecular weight excluding hydrogens is 373 g/mol. The Hall–Kier alpha value is -0.140. The van der Waals surface area contributed by atoms with Crippen molar-refractivity contribution in [2.75, 3.05) is 0 Å². The van der Waals surface area contributed by atoms with Gasteiger partial charge in [0.05, 0.1) is 4.90 Å². The van der Waals surface area contributed by atoms with E-state index >= 15 is 0 Å². The molecule has 1 aromatic carbocycles. The molecule has 1 aromatic rings. The van der Waals surface area contributed by atoms with Crippen LogP contribution in [0, 0.1) is 6.92 Å². The predicted molar refractivity (Wildman–Crippen MR) is 86.2 cm³/mol. The van der Waals surface area contributed by atoms with Crippen molar-refractivity contribution in [1.82, 2.24) is 4.72 Å². The second-order valence-corrected chi connectivity index (χ2v) is 8.51. The topological polar surface area (TPSA) is 46.2 Å². The summed E-state index contributed by atoms with van der Waals surface area (Å²) in [6.07, 6.45) is 5.57. The van der Waals surface area contributed by atoms with Gasteiger partial charge in [0.2, 0.25) is 10.0 Å². The van der Waals surface area contributed by atoms with Crippen molar-refractivity contribution in [2.45, 2.75) is 53.9 Å². The van der Waals surface area contributed by atoms with Crippen molar-refractivity contribution < 1.29 is 8.42 Å². The van der Waals surface area contributed by atoms with Gasteiger partial charge in [-0.15, -0.1) is 0 Å². The van der Waals surface area contributed by atoms with Crippen molar-refractivity contribution >= 4 is 32.6 Å². The van der Waals surface area contributed by atoms with Gasteiger partial charge in [-0.25, -0.2) is 13.1 Å². The number of halogens is 1. The van der Waals surface area contributed by atoms with Crippen LogP contribution >= 0.6 is 22.6 Å². The lowest BCUT2D eigenvalue weighted by Gasteiger charge is -2.21. The van der Waals surface area contributed by atoms with Crippen LogP contribution in [0.1, 0.15) is 37.7 Å². The van der Waals surface area contributed by atoms with Crippen LogP contribution in [0.5, 0.6) is 0 Å². The zero-order valence-corrected chi connectivity index (χ0v) is 14.1. The SMILES string of the molecule is Cc1ccc(S(=O)(=O)N[C@@H]2CCCCC[C@H]2I)cc1. The minimum absolute atomic E-state index is 0.0643. The first kappa shape index (κ1) is 15.3. The van der Waals surface area contributed by atoms with Crippen LogP contribution in [0.3, 0.4) is 0 Å². The average Bonchev–Trinajstić information content (AvgIpc) is 2.55. The molecule has 0 aliphatic heterocycles. The van der Waals surface area contributed by atoms with Crippen molar-refractivity contribution in [3.8, 4) is 0 Å². The number of alkyl halides is 1. The van der Waals surface area contributed by atoms with Crippen molar-refractivity contribution in [3.05, 3.63) is 29.8 Å². The van der Waals surface area contributed by atoms with Gasteiger partial charge in [-0.3, -0.25) is 0 Å². The normalized spacial score (nSPS) is 24.9. The van der Waals surface area contributed by atoms with Gasteiger partial charge in [0.25, 0.3) is 0 Å². The first-order chi connectivity index (χ1) is 8.99. The Kier molecular flexibility index (Phi) is 5.25. The summed E-state index contributed by atoms with van der Waals surface area (Å²) in [4.78, 5) is 0.367. The average molecular weight is 393 g/mol. The molecule has 0 radical (unpaired) electrons. The van der Waals surface area contributed by atoms with Gasteiger partial charge in [0.1, 0.15) is 0 Å². The second kappa shape index (κ2) is 6.54. The van der Waals surface area contributed by atoms with Crippen LogP contribution in [-0.2, 0) is 10.0 Å². The summed E-state index contributed by atoms with van der Waals surface area (Å²) in [5.41, 5.74) is 1.07. The third-order valence-corrected chi connectivity index (χ3v) is 6.57. The van der Waals surface area contributed by atoms with Crippen LogP contribution < -0.4 is 4.72 Å². The second-order valence-electron chi connectivity index (χ2n) is 5.19. The van der Waals surface area contributed by atoms with Gasteiger partial charge >= 0.3 is 0 Å². The number of sulfonamides is 1. The number of hydrogen-bond donors (Lipinski definition) is 1. The van der Waals surface area contributed by atoms with E-state index in [1.165, 1.54) is 12.8 Å². The fraction of sp³-hybridized carbons (Fsp3) is 0.571. The molecule has 1 saturated carbocycles. The molecule has 1 N–H and O–H groups in total. The maximum absolute atomic E-state index is 12.4. The van der Waals surface area contributed by atoms with Crippen LogP contribution in [0.2, 0.25) is 0 Å². The Labute approximate surface area is 129 Å². The molecule has 0 bridgehead atoms. The number of nitrogens with one attached hydrogen (secondary N) is 1. The van der Waals surface area contributed by atoms with Gasteiger partial charge in [0, 0.05) is 9.97 Å². The molecular formula is C14H20INO2S. The molecule has 19 heavy (non-hydrogen) atoms. The Bertz CT molecular complexity index is 513. The standard InChI is InChI=1S/C14H20INO2S/c1-11-7-9-12(10-8-11)19(17,18)16-14-6-4-2-3-5-13(14)15/h7-10,13-14,16H,2-6H2,1H3/t13-,14-/m1/s1. The molecule has 1 aliphatic rings. The van der Waals surface area contributed by atoms with Crippen LogP contribution in [0.4, 0.5) is 0 Å². The molecule has 0 unspecified atom stereocenters. The number of rotatable bonds is 3. The lowest BCUT2D eigenvalue weighted by molar-refractivity contribution is 0.524. The fourth-order valence-corrected chi connectivity index (χ4v) is 4.91. The molecule has 5 heteroatoms.